The number of benzene rings is 1. The minimum absolute atomic E-state index is 0.0740. The first-order valence-electron chi connectivity index (χ1n) is 6.98. The van der Waals surface area contributed by atoms with Crippen molar-refractivity contribution in [2.75, 3.05) is 5.32 Å². The van der Waals surface area contributed by atoms with E-state index in [1.807, 2.05) is 18.2 Å². The molecule has 0 unspecified atom stereocenters. The van der Waals surface area contributed by atoms with Crippen molar-refractivity contribution < 1.29 is 4.79 Å². The van der Waals surface area contributed by atoms with Gasteiger partial charge >= 0.3 is 0 Å². The number of hydrogen-bond donors (Lipinski definition) is 1. The van der Waals surface area contributed by atoms with Crippen molar-refractivity contribution >= 4 is 43.5 Å². The van der Waals surface area contributed by atoms with E-state index < -0.39 is 0 Å². The highest BCUT2D eigenvalue weighted by Crippen LogP contribution is 2.21. The number of carbonyl (C=O) groups excluding carboxylic acids is 1. The molecule has 8 heteroatoms. The van der Waals surface area contributed by atoms with E-state index >= 15 is 0 Å². The van der Waals surface area contributed by atoms with Gasteiger partial charge in [0.15, 0.2) is 0 Å². The molecule has 0 saturated carbocycles. The van der Waals surface area contributed by atoms with Crippen LogP contribution in [0.25, 0.3) is 5.69 Å². The molecule has 0 bridgehead atoms. The number of halogens is 2. The summed E-state index contributed by atoms with van der Waals surface area (Å²) >= 11 is 6.64. The second-order valence-corrected chi connectivity index (χ2v) is 6.81. The molecule has 0 radical (unpaired) electrons. The number of para-hydroxylation sites is 2. The van der Waals surface area contributed by atoms with Gasteiger partial charge in [0.25, 0.3) is 5.56 Å². The summed E-state index contributed by atoms with van der Waals surface area (Å²) in [6.07, 6.45) is 5.04. The lowest BCUT2D eigenvalue weighted by Crippen LogP contribution is -2.27. The molecule has 122 valence electrons. The number of rotatable bonds is 4. The Bertz CT molecular complexity index is 949. The molecule has 2 aromatic heterocycles. The fourth-order valence-electron chi connectivity index (χ4n) is 2.18. The standard InChI is InChI=1S/C16H12Br2N4O2/c17-11-5-6-16(24)21(8-11)10-15(23)20-13-3-1-2-4-14(13)22-9-12(18)7-19-22/h1-9H,10H2,(H,20,23). The summed E-state index contributed by atoms with van der Waals surface area (Å²) in [7, 11) is 0. The summed E-state index contributed by atoms with van der Waals surface area (Å²) in [6, 6.07) is 10.4. The Kier molecular flexibility index (Phi) is 4.96. The number of carbonyl (C=O) groups is 1. The zero-order valence-electron chi connectivity index (χ0n) is 12.3. The predicted octanol–water partition coefficient (Wildman–Crippen LogP) is 3.20. The predicted molar refractivity (Wildman–Crippen MR) is 98.3 cm³/mol. The lowest BCUT2D eigenvalue weighted by Gasteiger charge is -2.12. The normalized spacial score (nSPS) is 10.6. The SMILES string of the molecule is O=C(Cn1cc(Br)ccc1=O)Nc1ccccc1-n1cc(Br)cn1. The van der Waals surface area contributed by atoms with Crippen LogP contribution < -0.4 is 10.9 Å². The lowest BCUT2D eigenvalue weighted by molar-refractivity contribution is -0.116. The maximum atomic E-state index is 12.3. The Hall–Kier alpha value is -2.19. The maximum Gasteiger partial charge on any atom is 0.251 e. The first kappa shape index (κ1) is 16.7. The van der Waals surface area contributed by atoms with E-state index in [0.29, 0.717) is 5.69 Å². The minimum Gasteiger partial charge on any atom is -0.323 e. The van der Waals surface area contributed by atoms with E-state index in [4.69, 9.17) is 0 Å². The number of amides is 1. The van der Waals surface area contributed by atoms with Crippen LogP contribution in [0.5, 0.6) is 0 Å². The zero-order valence-corrected chi connectivity index (χ0v) is 15.5. The lowest BCUT2D eigenvalue weighted by atomic mass is 10.2. The van der Waals surface area contributed by atoms with Gasteiger partial charge in [0, 0.05) is 22.9 Å². The van der Waals surface area contributed by atoms with Crippen LogP contribution in [0, 0.1) is 0 Å². The Morgan fingerprint density at radius 1 is 1.08 bits per heavy atom. The summed E-state index contributed by atoms with van der Waals surface area (Å²) in [6.45, 7) is -0.0740. The summed E-state index contributed by atoms with van der Waals surface area (Å²) in [5.74, 6) is -0.297. The van der Waals surface area contributed by atoms with Gasteiger partial charge in [0.2, 0.25) is 5.91 Å². The van der Waals surface area contributed by atoms with E-state index in [1.54, 1.807) is 35.4 Å². The number of pyridine rings is 1. The van der Waals surface area contributed by atoms with Crippen molar-refractivity contribution in [2.45, 2.75) is 6.54 Å². The summed E-state index contributed by atoms with van der Waals surface area (Å²) in [5, 5.41) is 7.04. The van der Waals surface area contributed by atoms with Crippen LogP contribution in [0.4, 0.5) is 5.69 Å². The third-order valence-corrected chi connectivity index (χ3v) is 4.12. The molecule has 1 N–H and O–H groups in total. The largest absolute Gasteiger partial charge is 0.323 e. The Morgan fingerprint density at radius 2 is 1.88 bits per heavy atom. The van der Waals surface area contributed by atoms with Crippen LogP contribution >= 0.6 is 31.9 Å². The minimum atomic E-state index is -0.297. The molecule has 0 fully saturated rings. The highest BCUT2D eigenvalue weighted by molar-refractivity contribution is 9.10. The molecule has 0 aliphatic carbocycles. The van der Waals surface area contributed by atoms with Gasteiger partial charge in [-0.1, -0.05) is 12.1 Å². The van der Waals surface area contributed by atoms with Gasteiger partial charge in [-0.2, -0.15) is 5.10 Å². The average molecular weight is 452 g/mol. The Balaban J connectivity index is 1.82. The topological polar surface area (TPSA) is 68.9 Å². The molecular weight excluding hydrogens is 440 g/mol. The molecule has 0 aliphatic rings. The molecule has 6 nitrogen and oxygen atoms in total. The van der Waals surface area contributed by atoms with Gasteiger partial charge in [-0.25, -0.2) is 4.68 Å². The van der Waals surface area contributed by atoms with Crippen molar-refractivity contribution in [1.29, 1.82) is 0 Å². The van der Waals surface area contributed by atoms with Crippen LogP contribution in [0.3, 0.4) is 0 Å². The molecule has 0 atom stereocenters. The third kappa shape index (κ3) is 3.82. The van der Waals surface area contributed by atoms with Crippen molar-refractivity contribution in [2.24, 2.45) is 0 Å². The molecular formula is C16H12Br2N4O2. The van der Waals surface area contributed by atoms with Crippen LogP contribution in [0.1, 0.15) is 0 Å². The van der Waals surface area contributed by atoms with Crippen LogP contribution in [0.2, 0.25) is 0 Å². The first-order chi connectivity index (χ1) is 11.5. The van der Waals surface area contributed by atoms with E-state index in [9.17, 15) is 9.59 Å². The molecule has 3 aromatic rings. The van der Waals surface area contributed by atoms with Crippen molar-refractivity contribution in [3.8, 4) is 5.69 Å². The van der Waals surface area contributed by atoms with E-state index in [1.165, 1.54) is 10.6 Å². The monoisotopic (exact) mass is 450 g/mol. The summed E-state index contributed by atoms with van der Waals surface area (Å²) in [4.78, 5) is 24.1. The molecule has 1 amide bonds. The summed E-state index contributed by atoms with van der Waals surface area (Å²) in [5.41, 5.74) is 1.11. The van der Waals surface area contributed by atoms with Crippen molar-refractivity contribution in [3.05, 3.63) is 74.3 Å². The quantitative estimate of drug-likeness (QED) is 0.662. The molecule has 2 heterocycles. The fourth-order valence-corrected chi connectivity index (χ4v) is 2.85. The second kappa shape index (κ2) is 7.14. The number of nitrogens with zero attached hydrogens (tertiary/aromatic N) is 3. The number of anilines is 1. The number of nitrogens with one attached hydrogen (secondary N) is 1. The maximum absolute atomic E-state index is 12.3. The summed E-state index contributed by atoms with van der Waals surface area (Å²) < 4.78 is 4.57. The van der Waals surface area contributed by atoms with Gasteiger partial charge in [-0.15, -0.1) is 0 Å². The highest BCUT2D eigenvalue weighted by atomic mass is 79.9. The number of hydrogen-bond acceptors (Lipinski definition) is 3. The molecule has 24 heavy (non-hydrogen) atoms. The van der Waals surface area contributed by atoms with Gasteiger partial charge < -0.3 is 9.88 Å². The molecule has 0 aliphatic heterocycles. The second-order valence-electron chi connectivity index (χ2n) is 4.98. The van der Waals surface area contributed by atoms with Crippen molar-refractivity contribution in [3.63, 3.8) is 0 Å². The molecule has 0 saturated heterocycles. The van der Waals surface area contributed by atoms with Gasteiger partial charge in [-0.3, -0.25) is 9.59 Å². The Labute approximate surface area is 154 Å². The van der Waals surface area contributed by atoms with Gasteiger partial charge in [-0.05, 0) is 50.1 Å². The van der Waals surface area contributed by atoms with E-state index in [-0.39, 0.29) is 18.0 Å². The first-order valence-corrected chi connectivity index (χ1v) is 8.57. The molecule has 1 aromatic carbocycles. The highest BCUT2D eigenvalue weighted by Gasteiger charge is 2.10. The molecule has 3 rings (SSSR count). The van der Waals surface area contributed by atoms with Gasteiger partial charge in [0.05, 0.1) is 22.0 Å². The fraction of sp³-hybridized carbons (Fsp3) is 0.0625. The van der Waals surface area contributed by atoms with Gasteiger partial charge in [0.1, 0.15) is 6.54 Å². The Morgan fingerprint density at radius 3 is 2.62 bits per heavy atom. The third-order valence-electron chi connectivity index (χ3n) is 3.24. The van der Waals surface area contributed by atoms with Crippen LogP contribution in [0.15, 0.2) is 68.7 Å². The van der Waals surface area contributed by atoms with E-state index in [0.717, 1.165) is 14.6 Å². The smallest absolute Gasteiger partial charge is 0.251 e. The zero-order chi connectivity index (χ0) is 17.1. The molecule has 0 spiro atoms. The number of aromatic nitrogens is 3. The van der Waals surface area contributed by atoms with E-state index in [2.05, 4.69) is 42.3 Å². The van der Waals surface area contributed by atoms with Crippen molar-refractivity contribution in [1.82, 2.24) is 14.3 Å². The average Bonchev–Trinajstić information content (AvgIpc) is 2.98. The van der Waals surface area contributed by atoms with Crippen LogP contribution in [-0.2, 0) is 11.3 Å². The van der Waals surface area contributed by atoms with Crippen LogP contribution in [-0.4, -0.2) is 20.3 Å².